The van der Waals surface area contributed by atoms with E-state index in [4.69, 9.17) is 13.9 Å². The number of aromatic hydroxyl groups is 3. The Hall–Kier alpha value is -3.09. The van der Waals surface area contributed by atoms with E-state index in [2.05, 4.69) is 0 Å². The van der Waals surface area contributed by atoms with Crippen LogP contribution in [0.4, 0.5) is 0 Å². The molecule has 2 heterocycles. The normalized spacial score (nSPS) is 26.9. The summed E-state index contributed by atoms with van der Waals surface area (Å²) in [7, 11) is 0. The molecule has 0 amide bonds. The van der Waals surface area contributed by atoms with Crippen LogP contribution in [0.2, 0.25) is 0 Å². The Kier molecular flexibility index (Phi) is 4.92. The van der Waals surface area contributed by atoms with Gasteiger partial charge in [0.2, 0.25) is 11.7 Å². The van der Waals surface area contributed by atoms with Gasteiger partial charge in [0.05, 0.1) is 17.4 Å². The molecule has 0 radical (unpaired) electrons. The number of aliphatic hydroxyl groups excluding tert-OH is 4. The number of phenols is 3. The van der Waals surface area contributed by atoms with Gasteiger partial charge in [-0.1, -0.05) is 0 Å². The molecule has 1 aliphatic heterocycles. The second-order valence-corrected chi connectivity index (χ2v) is 6.90. The van der Waals surface area contributed by atoms with E-state index in [9.17, 15) is 40.5 Å². The van der Waals surface area contributed by atoms with Crippen molar-refractivity contribution in [2.45, 2.75) is 30.7 Å². The molecule has 1 fully saturated rings. The predicted octanol–water partition coefficient (Wildman–Crippen LogP) is -0.758. The quantitative estimate of drug-likeness (QED) is 0.207. The van der Waals surface area contributed by atoms with Crippen molar-refractivity contribution in [3.05, 3.63) is 34.5 Å². The van der Waals surface area contributed by atoms with Gasteiger partial charge in [0.15, 0.2) is 23.0 Å². The van der Waals surface area contributed by atoms with E-state index in [1.165, 1.54) is 0 Å². The first-order valence-electron chi connectivity index (χ1n) is 8.84. The number of phenolic OH excluding ortho intramolecular Hbond substituents is 3. The number of benzene rings is 2. The summed E-state index contributed by atoms with van der Waals surface area (Å²) in [5.74, 6) is -1.81. The Morgan fingerprint density at radius 1 is 0.833 bits per heavy atom. The van der Waals surface area contributed by atoms with Crippen LogP contribution in [-0.4, -0.2) is 73.1 Å². The minimum absolute atomic E-state index is 0.0233. The molecule has 1 aliphatic rings. The van der Waals surface area contributed by atoms with Gasteiger partial charge in [0, 0.05) is 12.1 Å². The third-order valence-electron chi connectivity index (χ3n) is 4.94. The van der Waals surface area contributed by atoms with Crippen molar-refractivity contribution < 1.29 is 49.6 Å². The first-order chi connectivity index (χ1) is 14.2. The van der Waals surface area contributed by atoms with E-state index >= 15 is 0 Å². The van der Waals surface area contributed by atoms with Crippen molar-refractivity contribution in [2.24, 2.45) is 0 Å². The van der Waals surface area contributed by atoms with Crippen LogP contribution in [0.15, 0.2) is 33.5 Å². The fraction of sp³-hybridized carbons (Fsp3) is 0.316. The third kappa shape index (κ3) is 3.18. The van der Waals surface area contributed by atoms with Crippen LogP contribution < -0.4 is 10.2 Å². The summed E-state index contributed by atoms with van der Waals surface area (Å²) in [4.78, 5) is 12.8. The van der Waals surface area contributed by atoms with Gasteiger partial charge >= 0.3 is 0 Å². The van der Waals surface area contributed by atoms with E-state index < -0.39 is 60.0 Å². The predicted molar refractivity (Wildman–Crippen MR) is 99.4 cm³/mol. The summed E-state index contributed by atoms with van der Waals surface area (Å²) in [5.41, 5.74) is -0.666. The molecule has 0 bridgehead atoms. The van der Waals surface area contributed by atoms with Crippen LogP contribution in [-0.2, 0) is 4.74 Å². The topological polar surface area (TPSA) is 190 Å². The Labute approximate surface area is 167 Å². The second-order valence-electron chi connectivity index (χ2n) is 6.90. The van der Waals surface area contributed by atoms with Gasteiger partial charge in [-0.3, -0.25) is 4.79 Å². The smallest absolute Gasteiger partial charge is 0.229 e. The number of ether oxygens (including phenoxy) is 2. The van der Waals surface area contributed by atoms with Crippen molar-refractivity contribution >= 4 is 21.9 Å². The number of fused-ring (bicyclic) bond motifs is 2. The number of hydrogen-bond acceptors (Lipinski definition) is 11. The van der Waals surface area contributed by atoms with Crippen LogP contribution in [0.5, 0.6) is 23.0 Å². The van der Waals surface area contributed by atoms with Gasteiger partial charge in [0.25, 0.3) is 0 Å². The summed E-state index contributed by atoms with van der Waals surface area (Å²) < 4.78 is 16.1. The van der Waals surface area contributed by atoms with Crippen molar-refractivity contribution in [3.63, 3.8) is 0 Å². The Balaban J connectivity index is 1.77. The standard InChI is InChI=1S/C19H18O11/c20-5-14-16(25)17(26)18(27)19(30-14)29-13-2-7-12(4-10(13)23)28-11-3-9(22)8(21)1-6(11)15(7)24/h1-4,14,16-23,25-27H,5H2/t14-,16-,17+,18-,19-/m1/s1. The molecule has 0 saturated carbocycles. The zero-order valence-electron chi connectivity index (χ0n) is 15.2. The second kappa shape index (κ2) is 7.31. The lowest BCUT2D eigenvalue weighted by molar-refractivity contribution is -0.277. The molecule has 4 rings (SSSR count). The van der Waals surface area contributed by atoms with Crippen molar-refractivity contribution in [1.29, 1.82) is 0 Å². The first kappa shape index (κ1) is 20.2. The molecular weight excluding hydrogens is 404 g/mol. The molecule has 3 aromatic rings. The number of rotatable bonds is 3. The minimum Gasteiger partial charge on any atom is -0.504 e. The molecule has 0 aliphatic carbocycles. The molecule has 7 N–H and O–H groups in total. The Morgan fingerprint density at radius 2 is 1.43 bits per heavy atom. The van der Waals surface area contributed by atoms with E-state index in [0.29, 0.717) is 0 Å². The molecular formula is C19H18O11. The van der Waals surface area contributed by atoms with Gasteiger partial charge in [-0.2, -0.15) is 0 Å². The summed E-state index contributed by atoms with van der Waals surface area (Å²) in [6.45, 7) is -0.666. The summed E-state index contributed by atoms with van der Waals surface area (Å²) >= 11 is 0. The molecule has 1 saturated heterocycles. The van der Waals surface area contributed by atoms with Crippen molar-refractivity contribution in [1.82, 2.24) is 0 Å². The van der Waals surface area contributed by atoms with Crippen molar-refractivity contribution in [2.75, 3.05) is 6.61 Å². The van der Waals surface area contributed by atoms with E-state index in [-0.39, 0.29) is 27.7 Å². The fourth-order valence-corrected chi connectivity index (χ4v) is 3.28. The van der Waals surface area contributed by atoms with E-state index in [1.54, 1.807) is 0 Å². The summed E-state index contributed by atoms with van der Waals surface area (Å²) in [5, 5.41) is 68.4. The molecule has 2 aromatic carbocycles. The van der Waals surface area contributed by atoms with Crippen molar-refractivity contribution in [3.8, 4) is 23.0 Å². The molecule has 30 heavy (non-hydrogen) atoms. The zero-order chi connectivity index (χ0) is 21.7. The first-order valence-corrected chi connectivity index (χ1v) is 8.84. The lowest BCUT2D eigenvalue weighted by Crippen LogP contribution is -2.60. The SMILES string of the molecule is O=c1c2cc(O)c(O)cc2oc2cc(O)c(O[C@@H]3O[C@H](CO)[C@@H](O)[C@H](O)[C@H]3O)cc12. The maximum Gasteiger partial charge on any atom is 0.229 e. The highest BCUT2D eigenvalue weighted by Crippen LogP contribution is 2.36. The van der Waals surface area contributed by atoms with Crippen LogP contribution in [0.1, 0.15) is 0 Å². The summed E-state index contributed by atoms with van der Waals surface area (Å²) in [6, 6.07) is 4.27. The zero-order valence-corrected chi connectivity index (χ0v) is 15.2. The van der Waals surface area contributed by atoms with E-state index in [1.807, 2.05) is 0 Å². The molecule has 0 unspecified atom stereocenters. The number of aliphatic hydroxyl groups is 4. The largest absolute Gasteiger partial charge is 0.504 e. The monoisotopic (exact) mass is 422 g/mol. The van der Waals surface area contributed by atoms with Crippen LogP contribution >= 0.6 is 0 Å². The Morgan fingerprint density at radius 3 is 2.10 bits per heavy atom. The lowest BCUT2D eigenvalue weighted by atomic mass is 9.99. The maximum atomic E-state index is 12.8. The summed E-state index contributed by atoms with van der Waals surface area (Å²) in [6.07, 6.45) is -7.78. The van der Waals surface area contributed by atoms with Crippen LogP contribution in [0.3, 0.4) is 0 Å². The third-order valence-corrected chi connectivity index (χ3v) is 4.94. The molecule has 1 aromatic heterocycles. The minimum atomic E-state index is -1.72. The van der Waals surface area contributed by atoms with Crippen LogP contribution in [0.25, 0.3) is 21.9 Å². The van der Waals surface area contributed by atoms with Gasteiger partial charge in [-0.05, 0) is 12.1 Å². The highest BCUT2D eigenvalue weighted by Gasteiger charge is 2.45. The van der Waals surface area contributed by atoms with Crippen LogP contribution in [0, 0.1) is 0 Å². The molecule has 11 heteroatoms. The molecule has 11 nitrogen and oxygen atoms in total. The average molecular weight is 422 g/mol. The van der Waals surface area contributed by atoms with Gasteiger partial charge in [-0.25, -0.2) is 0 Å². The molecule has 160 valence electrons. The van der Waals surface area contributed by atoms with E-state index in [0.717, 1.165) is 24.3 Å². The average Bonchev–Trinajstić information content (AvgIpc) is 2.71. The Bertz CT molecular complexity index is 1170. The molecule has 0 spiro atoms. The van der Waals surface area contributed by atoms with Gasteiger partial charge < -0.3 is 49.6 Å². The molecule has 5 atom stereocenters. The number of hydrogen-bond donors (Lipinski definition) is 7. The highest BCUT2D eigenvalue weighted by molar-refractivity contribution is 5.92. The highest BCUT2D eigenvalue weighted by atomic mass is 16.7. The maximum absolute atomic E-state index is 12.8. The van der Waals surface area contributed by atoms with Gasteiger partial charge in [-0.15, -0.1) is 0 Å². The van der Waals surface area contributed by atoms with Gasteiger partial charge in [0.1, 0.15) is 35.6 Å². The lowest BCUT2D eigenvalue weighted by Gasteiger charge is -2.39. The fourth-order valence-electron chi connectivity index (χ4n) is 3.28.